The van der Waals surface area contributed by atoms with Crippen molar-refractivity contribution in [3.63, 3.8) is 0 Å². The molecule has 4 nitrogen and oxygen atoms in total. The van der Waals surface area contributed by atoms with Gasteiger partial charge in [-0.2, -0.15) is 9.13 Å². The monoisotopic (exact) mass is 781 g/mol. The smallest absolute Gasteiger partial charge is 0.213 e. The highest BCUT2D eigenvalue weighted by Gasteiger charge is 2.43. The zero-order chi connectivity index (χ0) is 40.8. The molecular formula is C56H51N3O+2. The third-order valence-electron chi connectivity index (χ3n) is 14.3. The lowest BCUT2D eigenvalue weighted by Gasteiger charge is -2.32. The number of furan rings is 1. The van der Waals surface area contributed by atoms with Gasteiger partial charge in [0.1, 0.15) is 11.2 Å². The van der Waals surface area contributed by atoms with Crippen LogP contribution in [-0.2, 0) is 17.3 Å². The third-order valence-corrected chi connectivity index (χ3v) is 14.3. The Kier molecular flexibility index (Phi) is 7.37. The van der Waals surface area contributed by atoms with Crippen LogP contribution in [-0.4, -0.2) is 4.40 Å². The predicted molar refractivity (Wildman–Crippen MR) is 247 cm³/mol. The molecule has 0 saturated heterocycles. The highest BCUT2D eigenvalue weighted by molar-refractivity contribution is 6.35. The van der Waals surface area contributed by atoms with Crippen LogP contribution in [0.2, 0.25) is 0 Å². The van der Waals surface area contributed by atoms with Crippen LogP contribution in [0, 0.1) is 0 Å². The number of hydrogen-bond acceptors (Lipinski definition) is 1. The lowest BCUT2D eigenvalue weighted by atomic mass is 9.76. The van der Waals surface area contributed by atoms with E-state index in [2.05, 4.69) is 195 Å². The Labute approximate surface area is 351 Å². The van der Waals surface area contributed by atoms with Crippen molar-refractivity contribution in [1.29, 1.82) is 0 Å². The molecule has 0 amide bonds. The molecule has 7 heterocycles. The third kappa shape index (κ3) is 4.97. The number of nitrogens with zero attached hydrogens (tertiary/aromatic N) is 3. The van der Waals surface area contributed by atoms with Crippen molar-refractivity contribution in [3.8, 4) is 22.5 Å². The van der Waals surface area contributed by atoms with Gasteiger partial charge in [0, 0.05) is 68.1 Å². The van der Waals surface area contributed by atoms with Gasteiger partial charge in [0.2, 0.25) is 11.4 Å². The van der Waals surface area contributed by atoms with Gasteiger partial charge in [0.15, 0.2) is 24.5 Å². The van der Waals surface area contributed by atoms with E-state index in [9.17, 15) is 0 Å². The Morgan fingerprint density at radius 3 is 2.10 bits per heavy atom. The van der Waals surface area contributed by atoms with Gasteiger partial charge in [-0.05, 0) is 113 Å². The van der Waals surface area contributed by atoms with Gasteiger partial charge in [-0.3, -0.25) is 0 Å². The number of aryl methyl sites for hydroxylation is 1. The van der Waals surface area contributed by atoms with Gasteiger partial charge >= 0.3 is 0 Å². The van der Waals surface area contributed by atoms with Crippen molar-refractivity contribution < 1.29 is 13.6 Å². The van der Waals surface area contributed by atoms with Gasteiger partial charge in [-0.1, -0.05) is 78.5 Å². The molecule has 0 bridgehead atoms. The van der Waals surface area contributed by atoms with E-state index in [1.54, 1.807) is 0 Å². The first-order valence-corrected chi connectivity index (χ1v) is 21.9. The summed E-state index contributed by atoms with van der Waals surface area (Å²) in [4.78, 5) is 0. The second-order valence-electron chi connectivity index (χ2n) is 19.8. The Hall–Kier alpha value is -6.26. The first-order chi connectivity index (χ1) is 29.0. The van der Waals surface area contributed by atoms with Crippen LogP contribution < -0.4 is 9.13 Å². The second kappa shape index (κ2) is 12.4. The zero-order valence-electron chi connectivity index (χ0n) is 35.5. The number of hydrogen-bond donors (Lipinski definition) is 0. The van der Waals surface area contributed by atoms with Crippen LogP contribution >= 0.6 is 0 Å². The molecule has 5 aromatic carbocycles. The number of rotatable bonds is 1. The maximum Gasteiger partial charge on any atom is 0.213 e. The molecule has 0 radical (unpaired) electrons. The lowest BCUT2D eigenvalue weighted by molar-refractivity contribution is -0.745. The summed E-state index contributed by atoms with van der Waals surface area (Å²) in [5.41, 5.74) is 16.4. The molecule has 0 spiro atoms. The van der Waals surface area contributed by atoms with Crippen molar-refractivity contribution in [2.45, 2.75) is 89.6 Å². The summed E-state index contributed by atoms with van der Waals surface area (Å²) >= 11 is 0. The molecule has 0 fully saturated rings. The zero-order valence-corrected chi connectivity index (χ0v) is 35.5. The van der Waals surface area contributed by atoms with Crippen LogP contribution in [0.1, 0.15) is 94.6 Å². The van der Waals surface area contributed by atoms with Crippen LogP contribution in [0.5, 0.6) is 0 Å². The average Bonchev–Trinajstić information content (AvgIpc) is 3.89. The van der Waals surface area contributed by atoms with Gasteiger partial charge < -0.3 is 8.82 Å². The lowest BCUT2D eigenvalue weighted by Crippen LogP contribution is -2.51. The fourth-order valence-electron chi connectivity index (χ4n) is 11.3. The molecule has 4 heteroatoms. The molecule has 3 atom stereocenters. The molecule has 0 aliphatic carbocycles. The second-order valence-corrected chi connectivity index (χ2v) is 19.8. The summed E-state index contributed by atoms with van der Waals surface area (Å²) < 4.78 is 14.5. The van der Waals surface area contributed by atoms with Gasteiger partial charge in [-0.15, -0.1) is 0 Å². The van der Waals surface area contributed by atoms with E-state index in [1.165, 1.54) is 93.6 Å². The van der Waals surface area contributed by atoms with E-state index >= 15 is 0 Å². The summed E-state index contributed by atoms with van der Waals surface area (Å²) in [5, 5.41) is 7.50. The predicted octanol–water partition coefficient (Wildman–Crippen LogP) is 13.6. The van der Waals surface area contributed by atoms with Crippen LogP contribution in [0.3, 0.4) is 0 Å². The molecule has 60 heavy (non-hydrogen) atoms. The minimum absolute atomic E-state index is 0.00646. The Morgan fingerprint density at radius 2 is 1.33 bits per heavy atom. The molecule has 3 unspecified atom stereocenters. The molecule has 0 N–H and O–H groups in total. The first-order valence-electron chi connectivity index (χ1n) is 21.9. The summed E-state index contributed by atoms with van der Waals surface area (Å²) in [6.45, 7) is 18.3. The van der Waals surface area contributed by atoms with Gasteiger partial charge in [0.25, 0.3) is 0 Å². The van der Waals surface area contributed by atoms with Crippen LogP contribution in [0.15, 0.2) is 145 Å². The van der Waals surface area contributed by atoms with Crippen LogP contribution in [0.25, 0.3) is 82.5 Å². The van der Waals surface area contributed by atoms with Crippen molar-refractivity contribution in [3.05, 3.63) is 163 Å². The number of allylic oxidation sites excluding steroid dienone is 1. The van der Waals surface area contributed by atoms with Crippen molar-refractivity contribution in [2.24, 2.45) is 0 Å². The standard InChI is InChI=1S/C56H51N3O/c1-8-36-30-48-39(37-15-9-10-16-38(37)45-17-12-14-26-58(45)48)22-19-33-27-49-43(31-40(33)46-18-11-13-25-57(36)46)53-52-44-29-35(56(5,6)7)21-24-50(44)60-51(52)32-42-41-28-34(55(2,3)4)20-23-47(41)59(49)54(42)53/h8-18,20-21,23-29,31-32,36,39,48H,1,19,22,30H2,2-7H3/q+2. The molecule has 5 aromatic heterocycles. The largest absolute Gasteiger partial charge is 0.456 e. The van der Waals surface area contributed by atoms with E-state index in [-0.39, 0.29) is 22.9 Å². The molecule has 0 saturated carbocycles. The SMILES string of the molecule is C=CC1CC2C(CCc3cc4c(cc3-c3cccc[n+]31)c1c3c(cc5c6cc(C(C)(C)C)ccc6n4c51)oc1ccc(C(C)(C)C)cc13)c1ccccc1-c1cccc[n+]12. The van der Waals surface area contributed by atoms with Crippen LogP contribution in [0.4, 0.5) is 0 Å². The minimum atomic E-state index is 0.00646. The summed E-state index contributed by atoms with van der Waals surface area (Å²) in [6, 6.07) is 44.3. The number of aromatic nitrogens is 3. The highest BCUT2D eigenvalue weighted by Crippen LogP contribution is 2.50. The average molecular weight is 782 g/mol. The first kappa shape index (κ1) is 35.7. The van der Waals surface area contributed by atoms with E-state index in [1.807, 2.05) is 0 Å². The molecule has 10 aromatic rings. The van der Waals surface area contributed by atoms with E-state index in [0.717, 1.165) is 30.4 Å². The van der Waals surface area contributed by atoms with Gasteiger partial charge in [0.05, 0.1) is 28.5 Å². The summed E-state index contributed by atoms with van der Waals surface area (Å²) in [6.07, 6.45) is 9.72. The molecule has 2 aliphatic heterocycles. The maximum atomic E-state index is 6.87. The fourth-order valence-corrected chi connectivity index (χ4v) is 11.3. The molecule has 12 rings (SSSR count). The van der Waals surface area contributed by atoms with Crippen molar-refractivity contribution in [1.82, 2.24) is 4.40 Å². The molecule has 294 valence electrons. The quantitative estimate of drug-likeness (QED) is 0.120. The Balaban J connectivity index is 1.19. The minimum Gasteiger partial charge on any atom is -0.456 e. The van der Waals surface area contributed by atoms with E-state index < -0.39 is 0 Å². The topological polar surface area (TPSA) is 25.3 Å². The number of fused-ring (bicyclic) bond motifs is 19. The molecular weight excluding hydrogens is 731 g/mol. The number of pyridine rings is 2. The Morgan fingerprint density at radius 1 is 0.633 bits per heavy atom. The fraction of sp³-hybridized carbons (Fsp3) is 0.250. The summed E-state index contributed by atoms with van der Waals surface area (Å²) in [7, 11) is 0. The van der Waals surface area contributed by atoms with Crippen molar-refractivity contribution in [2.75, 3.05) is 0 Å². The maximum absolute atomic E-state index is 6.87. The Bertz CT molecular complexity index is 3420. The highest BCUT2D eigenvalue weighted by atomic mass is 16.3. The van der Waals surface area contributed by atoms with E-state index in [0.29, 0.717) is 5.92 Å². The summed E-state index contributed by atoms with van der Waals surface area (Å²) in [5.74, 6) is 0.344. The number of benzene rings is 5. The normalized spacial score (nSPS) is 18.2. The van der Waals surface area contributed by atoms with E-state index in [4.69, 9.17) is 4.42 Å². The van der Waals surface area contributed by atoms with Gasteiger partial charge in [-0.25, -0.2) is 0 Å². The molecule has 2 aliphatic rings. The van der Waals surface area contributed by atoms with Crippen molar-refractivity contribution >= 4 is 60.0 Å².